The molecule has 1 aromatic heterocycles. The van der Waals surface area contributed by atoms with E-state index in [9.17, 15) is 14.9 Å². The van der Waals surface area contributed by atoms with Gasteiger partial charge >= 0.3 is 0 Å². The number of hydrogen-bond donors (Lipinski definition) is 1. The monoisotopic (exact) mass is 268 g/mol. The zero-order valence-corrected chi connectivity index (χ0v) is 10.8. The molecule has 0 unspecified atom stereocenters. The van der Waals surface area contributed by atoms with E-state index in [-0.39, 0.29) is 17.1 Å². The van der Waals surface area contributed by atoms with Crippen molar-refractivity contribution in [2.75, 3.05) is 32.5 Å². The van der Waals surface area contributed by atoms with Crippen LogP contribution in [0.25, 0.3) is 0 Å². The molecule has 0 saturated carbocycles. The van der Waals surface area contributed by atoms with E-state index in [2.05, 4.69) is 4.98 Å². The lowest BCUT2D eigenvalue weighted by molar-refractivity contribution is -0.385. The van der Waals surface area contributed by atoms with Crippen molar-refractivity contribution in [2.45, 2.75) is 6.92 Å². The number of nitrogen functional groups attached to an aromatic ring is 1. The number of nitrogens with two attached hydrogens (primary N) is 1. The number of carbonyl (C=O) groups is 1. The third-order valence-corrected chi connectivity index (χ3v) is 2.57. The molecular weight excluding hydrogens is 252 g/mol. The summed E-state index contributed by atoms with van der Waals surface area (Å²) in [5.41, 5.74) is 5.07. The quantitative estimate of drug-likeness (QED) is 0.599. The Morgan fingerprint density at radius 1 is 1.63 bits per heavy atom. The molecule has 104 valence electrons. The van der Waals surface area contributed by atoms with Crippen LogP contribution >= 0.6 is 0 Å². The molecule has 0 saturated heterocycles. The molecule has 0 aliphatic carbocycles. The Balaban J connectivity index is 3.09. The normalized spacial score (nSPS) is 10.2. The number of nitro groups is 1. The highest BCUT2D eigenvalue weighted by Gasteiger charge is 2.24. The number of hydrogen-bond acceptors (Lipinski definition) is 6. The van der Waals surface area contributed by atoms with Gasteiger partial charge in [0, 0.05) is 20.2 Å². The lowest BCUT2D eigenvalue weighted by Crippen LogP contribution is -2.34. The minimum absolute atomic E-state index is 0.0598. The molecule has 0 atom stereocenters. The van der Waals surface area contributed by atoms with Crippen LogP contribution in [0.5, 0.6) is 0 Å². The Bertz CT molecular complexity index is 478. The number of carbonyl (C=O) groups excluding carboxylic acids is 1. The Hall–Kier alpha value is -2.22. The van der Waals surface area contributed by atoms with Gasteiger partial charge in [0.15, 0.2) is 0 Å². The number of nitrogens with zero attached hydrogens (tertiary/aromatic N) is 3. The summed E-state index contributed by atoms with van der Waals surface area (Å²) in [4.78, 5) is 27.6. The van der Waals surface area contributed by atoms with Crippen molar-refractivity contribution in [3.8, 4) is 0 Å². The summed E-state index contributed by atoms with van der Waals surface area (Å²) in [5.74, 6) is -0.392. The van der Waals surface area contributed by atoms with E-state index in [1.807, 2.05) is 0 Å². The molecule has 0 aromatic carbocycles. The van der Waals surface area contributed by atoms with Gasteiger partial charge < -0.3 is 15.4 Å². The molecule has 0 aliphatic heterocycles. The molecule has 8 nitrogen and oxygen atoms in total. The molecule has 0 aliphatic rings. The second kappa shape index (κ2) is 6.64. The molecule has 1 rings (SSSR count). The van der Waals surface area contributed by atoms with E-state index in [1.165, 1.54) is 18.1 Å². The molecule has 1 amide bonds. The molecule has 0 radical (unpaired) electrons. The molecule has 19 heavy (non-hydrogen) atoms. The molecule has 1 aromatic rings. The molecule has 0 bridgehead atoms. The van der Waals surface area contributed by atoms with Crippen LogP contribution in [0.4, 0.5) is 11.5 Å². The summed E-state index contributed by atoms with van der Waals surface area (Å²) in [6.45, 7) is 2.91. The molecule has 0 fully saturated rings. The first-order valence-electron chi connectivity index (χ1n) is 5.69. The number of rotatable bonds is 6. The molecule has 1 heterocycles. The number of amides is 1. The zero-order valence-electron chi connectivity index (χ0n) is 10.8. The average molecular weight is 268 g/mol. The topological polar surface area (TPSA) is 112 Å². The van der Waals surface area contributed by atoms with Gasteiger partial charge in [0.25, 0.3) is 11.6 Å². The number of anilines is 1. The van der Waals surface area contributed by atoms with Gasteiger partial charge in [-0.15, -0.1) is 0 Å². The van der Waals surface area contributed by atoms with E-state index < -0.39 is 10.8 Å². The van der Waals surface area contributed by atoms with Crippen LogP contribution in [0.1, 0.15) is 17.3 Å². The smallest absolute Gasteiger partial charge is 0.300 e. The molecular formula is C11H16N4O4. The fraction of sp³-hybridized carbons (Fsp3) is 0.455. The van der Waals surface area contributed by atoms with Crippen LogP contribution < -0.4 is 5.73 Å². The van der Waals surface area contributed by atoms with Crippen molar-refractivity contribution in [2.24, 2.45) is 0 Å². The van der Waals surface area contributed by atoms with Crippen LogP contribution in [0.2, 0.25) is 0 Å². The van der Waals surface area contributed by atoms with Gasteiger partial charge in [0.2, 0.25) is 0 Å². The Morgan fingerprint density at radius 2 is 2.32 bits per heavy atom. The van der Waals surface area contributed by atoms with Crippen molar-refractivity contribution >= 4 is 17.4 Å². The van der Waals surface area contributed by atoms with Crippen LogP contribution in [0, 0.1) is 10.1 Å². The van der Waals surface area contributed by atoms with Crippen molar-refractivity contribution in [1.82, 2.24) is 9.88 Å². The van der Waals surface area contributed by atoms with Gasteiger partial charge in [-0.05, 0) is 13.0 Å². The SMILES string of the molecule is CCN(CCOC)C(=O)c1cc(N)ncc1[N+](=O)[O-]. The highest BCUT2D eigenvalue weighted by atomic mass is 16.6. The second-order valence-electron chi connectivity index (χ2n) is 3.76. The minimum Gasteiger partial charge on any atom is -0.384 e. The zero-order chi connectivity index (χ0) is 14.4. The summed E-state index contributed by atoms with van der Waals surface area (Å²) >= 11 is 0. The van der Waals surface area contributed by atoms with Crippen LogP contribution in [0.15, 0.2) is 12.3 Å². The maximum absolute atomic E-state index is 12.2. The van der Waals surface area contributed by atoms with Gasteiger partial charge in [-0.1, -0.05) is 0 Å². The van der Waals surface area contributed by atoms with E-state index in [4.69, 9.17) is 10.5 Å². The van der Waals surface area contributed by atoms with Gasteiger partial charge in [-0.25, -0.2) is 4.98 Å². The van der Waals surface area contributed by atoms with Crippen LogP contribution in [0.3, 0.4) is 0 Å². The van der Waals surface area contributed by atoms with E-state index >= 15 is 0 Å². The standard InChI is InChI=1S/C11H16N4O4/c1-3-14(4-5-19-2)11(16)8-6-10(12)13-7-9(8)15(17)18/h6-7H,3-5H2,1-2H3,(H2,12,13). The highest BCUT2D eigenvalue weighted by molar-refractivity contribution is 5.98. The Labute approximate surface area is 110 Å². The summed E-state index contributed by atoms with van der Waals surface area (Å²) in [6, 6.07) is 1.22. The molecule has 0 spiro atoms. The number of aromatic nitrogens is 1. The van der Waals surface area contributed by atoms with Crippen LogP contribution in [-0.4, -0.2) is 47.5 Å². The molecule has 2 N–H and O–H groups in total. The number of ether oxygens (including phenoxy) is 1. The summed E-state index contributed by atoms with van der Waals surface area (Å²) < 4.78 is 4.90. The second-order valence-corrected chi connectivity index (χ2v) is 3.76. The van der Waals surface area contributed by atoms with Crippen molar-refractivity contribution in [3.05, 3.63) is 27.9 Å². The summed E-state index contributed by atoms with van der Waals surface area (Å²) in [7, 11) is 1.52. The average Bonchev–Trinajstić information content (AvgIpc) is 2.38. The largest absolute Gasteiger partial charge is 0.384 e. The summed E-state index contributed by atoms with van der Waals surface area (Å²) in [6.07, 6.45) is 0.993. The van der Waals surface area contributed by atoms with E-state index in [0.717, 1.165) is 6.20 Å². The first-order valence-corrected chi connectivity index (χ1v) is 5.69. The van der Waals surface area contributed by atoms with Crippen molar-refractivity contribution < 1.29 is 14.5 Å². The van der Waals surface area contributed by atoms with Crippen LogP contribution in [-0.2, 0) is 4.74 Å². The van der Waals surface area contributed by atoms with Crippen molar-refractivity contribution in [3.63, 3.8) is 0 Å². The van der Waals surface area contributed by atoms with E-state index in [1.54, 1.807) is 6.92 Å². The van der Waals surface area contributed by atoms with Gasteiger partial charge in [-0.3, -0.25) is 14.9 Å². The van der Waals surface area contributed by atoms with E-state index in [0.29, 0.717) is 19.7 Å². The maximum Gasteiger partial charge on any atom is 0.300 e. The number of methoxy groups -OCH3 is 1. The fourth-order valence-corrected chi connectivity index (χ4v) is 1.56. The summed E-state index contributed by atoms with van der Waals surface area (Å²) in [5, 5.41) is 10.9. The predicted octanol–water partition coefficient (Wildman–Crippen LogP) is 0.680. The van der Waals surface area contributed by atoms with Gasteiger partial charge in [-0.2, -0.15) is 0 Å². The lowest BCUT2D eigenvalue weighted by atomic mass is 10.2. The third kappa shape index (κ3) is 3.62. The highest BCUT2D eigenvalue weighted by Crippen LogP contribution is 2.20. The maximum atomic E-state index is 12.2. The first-order chi connectivity index (χ1) is 9.01. The number of likely N-dealkylation sites (N-methyl/N-ethyl adjacent to an activating group) is 1. The van der Waals surface area contributed by atoms with Crippen molar-refractivity contribution in [1.29, 1.82) is 0 Å². The Morgan fingerprint density at radius 3 is 2.84 bits per heavy atom. The lowest BCUT2D eigenvalue weighted by Gasteiger charge is -2.20. The minimum atomic E-state index is -0.649. The first kappa shape index (κ1) is 14.8. The van der Waals surface area contributed by atoms with Gasteiger partial charge in [0.1, 0.15) is 17.6 Å². The van der Waals surface area contributed by atoms with Gasteiger partial charge in [0.05, 0.1) is 11.5 Å². The molecule has 8 heteroatoms. The third-order valence-electron chi connectivity index (χ3n) is 2.57. The fourth-order valence-electron chi connectivity index (χ4n) is 1.56. The Kier molecular flexibility index (Phi) is 5.19. The number of pyridine rings is 1. The predicted molar refractivity (Wildman–Crippen MR) is 68.8 cm³/mol.